The Morgan fingerprint density at radius 1 is 1.20 bits per heavy atom. The molecule has 9 heteroatoms. The van der Waals surface area contributed by atoms with Gasteiger partial charge in [-0.2, -0.15) is 4.99 Å². The third-order valence-corrected chi connectivity index (χ3v) is 1.90. The van der Waals surface area contributed by atoms with Gasteiger partial charge in [-0.1, -0.05) is 23.2 Å². The molecular formula is C6H6Cl2N6O. The van der Waals surface area contributed by atoms with Crippen molar-refractivity contribution >= 4 is 40.9 Å². The highest BCUT2D eigenvalue weighted by Crippen LogP contribution is 2.20. The van der Waals surface area contributed by atoms with E-state index in [0.717, 1.165) is 0 Å². The summed E-state index contributed by atoms with van der Waals surface area (Å²) in [6.45, 7) is 0. The Hall–Kier alpha value is -1.60. The van der Waals surface area contributed by atoms with Gasteiger partial charge in [-0.05, 0) is 0 Å². The fraction of sp³-hybridized carbons (Fsp3) is 0. The van der Waals surface area contributed by atoms with Crippen molar-refractivity contribution in [1.29, 1.82) is 0 Å². The number of hydrogen-bond donors (Lipinski definition) is 3. The number of hydrogen-bond acceptors (Lipinski definition) is 4. The predicted molar refractivity (Wildman–Crippen MR) is 56.6 cm³/mol. The first-order valence-electron chi connectivity index (χ1n) is 3.54. The monoisotopic (exact) mass is 248 g/mol. The molecule has 1 amide bonds. The highest BCUT2D eigenvalue weighted by molar-refractivity contribution is 6.40. The first-order valence-corrected chi connectivity index (χ1v) is 4.30. The number of aliphatic imine (C=N–C) groups is 1. The molecule has 80 valence electrons. The van der Waals surface area contributed by atoms with Gasteiger partial charge < -0.3 is 17.2 Å². The third kappa shape index (κ3) is 2.67. The van der Waals surface area contributed by atoms with Crippen molar-refractivity contribution in [3.05, 3.63) is 16.0 Å². The lowest BCUT2D eigenvalue weighted by Gasteiger charge is -2.01. The molecule has 1 aromatic rings. The number of halogens is 2. The van der Waals surface area contributed by atoms with E-state index in [0.29, 0.717) is 0 Å². The predicted octanol–water partition coefficient (Wildman–Crippen LogP) is -0.221. The Balaban J connectivity index is 3.21. The molecule has 0 atom stereocenters. The first kappa shape index (κ1) is 11.5. The fourth-order valence-corrected chi connectivity index (χ4v) is 0.994. The second-order valence-electron chi connectivity index (χ2n) is 2.38. The van der Waals surface area contributed by atoms with Crippen LogP contribution in [0, 0.1) is 0 Å². The number of rotatable bonds is 1. The van der Waals surface area contributed by atoms with Crippen molar-refractivity contribution in [2.75, 3.05) is 5.73 Å². The van der Waals surface area contributed by atoms with Crippen LogP contribution in [0.2, 0.25) is 10.3 Å². The summed E-state index contributed by atoms with van der Waals surface area (Å²) < 4.78 is 0. The maximum atomic E-state index is 11.3. The van der Waals surface area contributed by atoms with Crippen LogP contribution in [0.25, 0.3) is 0 Å². The highest BCUT2D eigenvalue weighted by Gasteiger charge is 2.15. The summed E-state index contributed by atoms with van der Waals surface area (Å²) in [5.74, 6) is -1.44. The van der Waals surface area contributed by atoms with Crippen LogP contribution in [0.3, 0.4) is 0 Å². The summed E-state index contributed by atoms with van der Waals surface area (Å²) in [7, 11) is 0. The van der Waals surface area contributed by atoms with Crippen LogP contribution in [0.4, 0.5) is 5.82 Å². The zero-order valence-corrected chi connectivity index (χ0v) is 8.75. The SMILES string of the molecule is NC(N)=NC(=O)c1nc(Cl)c(Cl)nc1N. The van der Waals surface area contributed by atoms with Gasteiger partial charge >= 0.3 is 5.91 Å². The lowest BCUT2D eigenvalue weighted by molar-refractivity contribution is 0.0998. The fourth-order valence-electron chi connectivity index (χ4n) is 0.734. The smallest absolute Gasteiger partial charge is 0.302 e. The number of anilines is 1. The van der Waals surface area contributed by atoms with Crippen LogP contribution in [-0.2, 0) is 0 Å². The zero-order chi connectivity index (χ0) is 11.6. The minimum absolute atomic E-state index is 0.101. The molecule has 7 nitrogen and oxygen atoms in total. The third-order valence-electron chi connectivity index (χ3n) is 1.27. The summed E-state index contributed by atoms with van der Waals surface area (Å²) in [6.07, 6.45) is 0. The van der Waals surface area contributed by atoms with Crippen LogP contribution < -0.4 is 17.2 Å². The Labute approximate surface area is 94.3 Å². The number of carbonyl (C=O) groups is 1. The molecule has 0 unspecified atom stereocenters. The molecule has 0 spiro atoms. The molecule has 1 heterocycles. The number of guanidine groups is 1. The minimum Gasteiger partial charge on any atom is -0.382 e. The molecule has 0 aliphatic heterocycles. The van der Waals surface area contributed by atoms with Gasteiger partial charge in [0, 0.05) is 0 Å². The van der Waals surface area contributed by atoms with E-state index >= 15 is 0 Å². The van der Waals surface area contributed by atoms with Gasteiger partial charge in [-0.3, -0.25) is 4.79 Å². The molecule has 0 radical (unpaired) electrons. The molecule has 6 N–H and O–H groups in total. The van der Waals surface area contributed by atoms with Crippen LogP contribution in [-0.4, -0.2) is 21.8 Å². The largest absolute Gasteiger partial charge is 0.382 e. The van der Waals surface area contributed by atoms with Gasteiger partial charge in [-0.25, -0.2) is 9.97 Å². The molecule has 15 heavy (non-hydrogen) atoms. The van der Waals surface area contributed by atoms with Crippen molar-refractivity contribution < 1.29 is 4.79 Å². The second-order valence-corrected chi connectivity index (χ2v) is 3.10. The van der Waals surface area contributed by atoms with Gasteiger partial charge in [0.1, 0.15) is 0 Å². The summed E-state index contributed by atoms with van der Waals surface area (Å²) >= 11 is 11.1. The second kappa shape index (κ2) is 4.28. The van der Waals surface area contributed by atoms with Gasteiger partial charge in [0.25, 0.3) is 0 Å². The molecular weight excluding hydrogens is 243 g/mol. The molecule has 0 aliphatic rings. The average Bonchev–Trinajstić information content (AvgIpc) is 2.09. The quantitative estimate of drug-likeness (QED) is 0.465. The van der Waals surface area contributed by atoms with Gasteiger partial charge in [-0.15, -0.1) is 0 Å². The Morgan fingerprint density at radius 2 is 1.73 bits per heavy atom. The summed E-state index contributed by atoms with van der Waals surface area (Å²) in [4.78, 5) is 21.7. The summed E-state index contributed by atoms with van der Waals surface area (Å²) in [6, 6.07) is 0. The van der Waals surface area contributed by atoms with Crippen molar-refractivity contribution in [3.8, 4) is 0 Å². The van der Waals surface area contributed by atoms with E-state index in [-0.39, 0.29) is 21.8 Å². The molecule has 0 fully saturated rings. The zero-order valence-electron chi connectivity index (χ0n) is 7.24. The van der Waals surface area contributed by atoms with E-state index in [4.69, 9.17) is 40.4 Å². The van der Waals surface area contributed by atoms with Crippen molar-refractivity contribution in [2.45, 2.75) is 0 Å². The van der Waals surface area contributed by atoms with E-state index in [9.17, 15) is 4.79 Å². The number of nitrogens with zero attached hydrogens (tertiary/aromatic N) is 3. The molecule has 1 rings (SSSR count). The standard InChI is InChI=1S/C6H6Cl2N6O/c7-2-3(8)13-4(9)1(12-2)5(15)14-6(10)11/h(H2,9,13)(H4,10,11,14,15). The van der Waals surface area contributed by atoms with E-state index in [1.807, 2.05) is 0 Å². The van der Waals surface area contributed by atoms with E-state index in [1.165, 1.54) is 0 Å². The Bertz CT molecular complexity index is 441. The van der Waals surface area contributed by atoms with Gasteiger partial charge in [0.15, 0.2) is 27.8 Å². The number of aromatic nitrogens is 2. The Kier molecular flexibility index (Phi) is 3.28. The van der Waals surface area contributed by atoms with Crippen molar-refractivity contribution in [1.82, 2.24) is 9.97 Å². The maximum Gasteiger partial charge on any atom is 0.302 e. The van der Waals surface area contributed by atoms with Gasteiger partial charge in [0.05, 0.1) is 0 Å². The van der Waals surface area contributed by atoms with E-state index < -0.39 is 11.9 Å². The number of nitrogen functional groups attached to an aromatic ring is 1. The Morgan fingerprint density at radius 3 is 2.27 bits per heavy atom. The van der Waals surface area contributed by atoms with Crippen LogP contribution in [0.15, 0.2) is 4.99 Å². The topological polar surface area (TPSA) is 133 Å². The molecule has 0 bridgehead atoms. The highest BCUT2D eigenvalue weighted by atomic mass is 35.5. The molecule has 1 aromatic heterocycles. The molecule has 0 aromatic carbocycles. The van der Waals surface area contributed by atoms with E-state index in [2.05, 4.69) is 15.0 Å². The summed E-state index contributed by atoms with van der Waals surface area (Å²) in [5.41, 5.74) is 15.1. The van der Waals surface area contributed by atoms with Crippen LogP contribution in [0.5, 0.6) is 0 Å². The first-order chi connectivity index (χ1) is 6.91. The minimum atomic E-state index is -0.835. The number of amides is 1. The van der Waals surface area contributed by atoms with Crippen molar-refractivity contribution in [3.63, 3.8) is 0 Å². The van der Waals surface area contributed by atoms with Crippen LogP contribution >= 0.6 is 23.2 Å². The average molecular weight is 249 g/mol. The van der Waals surface area contributed by atoms with Crippen molar-refractivity contribution in [2.24, 2.45) is 16.5 Å². The number of carbonyl (C=O) groups excluding carboxylic acids is 1. The maximum absolute atomic E-state index is 11.3. The lowest BCUT2D eigenvalue weighted by Crippen LogP contribution is -2.24. The number of nitrogens with two attached hydrogens (primary N) is 3. The molecule has 0 saturated heterocycles. The van der Waals surface area contributed by atoms with Gasteiger partial charge in [0.2, 0.25) is 0 Å². The van der Waals surface area contributed by atoms with Crippen LogP contribution in [0.1, 0.15) is 10.5 Å². The summed E-state index contributed by atoms with van der Waals surface area (Å²) in [5, 5.41) is -0.254. The lowest BCUT2D eigenvalue weighted by atomic mass is 10.4. The molecule has 0 saturated carbocycles. The van der Waals surface area contributed by atoms with E-state index in [1.54, 1.807) is 0 Å². The normalized spacial score (nSPS) is 9.73. The molecule has 0 aliphatic carbocycles.